The highest BCUT2D eigenvalue weighted by atomic mass is 19.4. The number of nitrogens with one attached hydrogen (secondary N) is 1. The number of nitrogens with zero attached hydrogens (tertiary/aromatic N) is 4. The van der Waals surface area contributed by atoms with Crippen molar-refractivity contribution in [2.45, 2.75) is 57.0 Å². The van der Waals surface area contributed by atoms with Crippen molar-refractivity contribution in [3.05, 3.63) is 53.3 Å². The Kier molecular flexibility index (Phi) is 8.90. The molecule has 3 fully saturated rings. The molecule has 3 aliphatic rings. The van der Waals surface area contributed by atoms with Crippen molar-refractivity contribution in [3.8, 4) is 5.75 Å². The number of urea groups is 1. The first-order chi connectivity index (χ1) is 18.5. The van der Waals surface area contributed by atoms with Crippen LogP contribution in [0, 0.1) is 0 Å². The maximum atomic E-state index is 13.0. The molecule has 0 aliphatic carbocycles. The first-order valence-electron chi connectivity index (χ1n) is 13.4. The summed E-state index contributed by atoms with van der Waals surface area (Å²) < 4.78 is 39.0. The minimum Gasteiger partial charge on any atom is -0.507 e. The molecule has 0 aromatic heterocycles. The molecule has 1 atom stereocenters. The number of likely N-dealkylation sites (tertiary alicyclic amines) is 3. The van der Waals surface area contributed by atoms with Crippen LogP contribution in [0.25, 0.3) is 0 Å². The quantitative estimate of drug-likeness (QED) is 0.373. The number of amides is 2. The molecule has 3 saturated heterocycles. The number of phenols is 1. The van der Waals surface area contributed by atoms with Gasteiger partial charge in [-0.05, 0) is 69.0 Å². The second kappa shape index (κ2) is 12.0. The van der Waals surface area contributed by atoms with Crippen LogP contribution in [-0.2, 0) is 6.18 Å². The fraction of sp³-hybridized carbons (Fsp3) is 0.571. The van der Waals surface area contributed by atoms with Crippen molar-refractivity contribution < 1.29 is 28.2 Å². The molecule has 1 aromatic rings. The van der Waals surface area contributed by atoms with E-state index < -0.39 is 23.6 Å². The number of phenolic OH excluding ortho intramolecular Hbond substituents is 1. The number of carbonyl (C=O) groups is 1. The predicted octanol–water partition coefficient (Wildman–Crippen LogP) is 3.60. The van der Waals surface area contributed by atoms with Crippen molar-refractivity contribution in [2.75, 3.05) is 46.3 Å². The fourth-order valence-corrected chi connectivity index (χ4v) is 5.74. The third-order valence-corrected chi connectivity index (χ3v) is 7.79. The first kappa shape index (κ1) is 28.9. The Morgan fingerprint density at radius 2 is 1.82 bits per heavy atom. The summed E-state index contributed by atoms with van der Waals surface area (Å²) in [6, 6.07) is 3.51. The van der Waals surface area contributed by atoms with Gasteiger partial charge in [-0.2, -0.15) is 13.2 Å². The van der Waals surface area contributed by atoms with Gasteiger partial charge in [-0.1, -0.05) is 6.58 Å². The van der Waals surface area contributed by atoms with Crippen LogP contribution in [0.1, 0.15) is 43.7 Å². The average Bonchev–Trinajstić information content (AvgIpc) is 2.87. The number of β-amino-alcohol motifs (C(OH)–C–C–N with tert-alkyl or cyclic N) is 1. The van der Waals surface area contributed by atoms with E-state index in [9.17, 15) is 28.2 Å². The molecule has 214 valence electrons. The lowest BCUT2D eigenvalue weighted by atomic mass is 9.97. The number of benzene rings is 1. The molecule has 3 N–H and O–H groups in total. The molecule has 8 nitrogen and oxygen atoms in total. The molecule has 3 aliphatic heterocycles. The van der Waals surface area contributed by atoms with E-state index in [4.69, 9.17) is 0 Å². The van der Waals surface area contributed by atoms with Gasteiger partial charge in [-0.3, -0.25) is 9.89 Å². The number of aliphatic hydroxyl groups is 1. The normalized spacial score (nSPS) is 22.6. The maximum Gasteiger partial charge on any atom is 0.416 e. The lowest BCUT2D eigenvalue weighted by Gasteiger charge is -2.45. The van der Waals surface area contributed by atoms with Crippen LogP contribution in [-0.4, -0.2) is 101 Å². The van der Waals surface area contributed by atoms with Crippen LogP contribution in [0.2, 0.25) is 0 Å². The maximum absolute atomic E-state index is 13.0. The number of allylic oxidation sites excluding steroid dienone is 2. The smallest absolute Gasteiger partial charge is 0.416 e. The predicted molar refractivity (Wildman–Crippen MR) is 144 cm³/mol. The molecular weight excluding hydrogens is 511 g/mol. The lowest BCUT2D eigenvalue weighted by molar-refractivity contribution is -0.137. The zero-order chi connectivity index (χ0) is 28.3. The van der Waals surface area contributed by atoms with Gasteiger partial charge in [0.15, 0.2) is 0 Å². The largest absolute Gasteiger partial charge is 0.507 e. The summed E-state index contributed by atoms with van der Waals surface area (Å²) in [5.41, 5.74) is 1.05. The Hall–Kier alpha value is -3.05. The molecule has 4 rings (SSSR count). The number of hydrogen-bond donors (Lipinski definition) is 3. The number of aliphatic imine (C=N–C) groups is 1. The monoisotopic (exact) mass is 549 g/mol. The van der Waals surface area contributed by atoms with Gasteiger partial charge >= 0.3 is 12.2 Å². The highest BCUT2D eigenvalue weighted by Gasteiger charge is 2.35. The Morgan fingerprint density at radius 3 is 2.41 bits per heavy atom. The van der Waals surface area contributed by atoms with Crippen molar-refractivity contribution in [1.82, 2.24) is 20.0 Å². The van der Waals surface area contributed by atoms with Crippen LogP contribution < -0.4 is 5.32 Å². The van der Waals surface area contributed by atoms with Crippen LogP contribution >= 0.6 is 0 Å². The van der Waals surface area contributed by atoms with Gasteiger partial charge in [-0.15, -0.1) is 0 Å². The van der Waals surface area contributed by atoms with E-state index in [1.165, 1.54) is 13.1 Å². The number of aliphatic hydroxyl groups excluding tert-OH is 1. The van der Waals surface area contributed by atoms with E-state index >= 15 is 0 Å². The molecular formula is C28H38F3N5O3. The Balaban J connectivity index is 1.31. The summed E-state index contributed by atoms with van der Waals surface area (Å²) in [7, 11) is 1.53. The third kappa shape index (κ3) is 6.94. The van der Waals surface area contributed by atoms with Crippen molar-refractivity contribution in [1.29, 1.82) is 0 Å². The molecule has 0 radical (unpaired) electrons. The number of rotatable bonds is 6. The summed E-state index contributed by atoms with van der Waals surface area (Å²) in [6.07, 6.45) is 0.739. The Labute approximate surface area is 227 Å². The van der Waals surface area contributed by atoms with E-state index in [-0.39, 0.29) is 17.6 Å². The van der Waals surface area contributed by atoms with Crippen LogP contribution in [0.3, 0.4) is 0 Å². The SMILES string of the molecule is C=C(/C=C(C)\C(=N/C)c1ccc(C(F)(F)F)cc1O)NC1CCCN(C2CCN(C(=O)N3CC(O)C3)CC2)C1. The number of alkyl halides is 3. The van der Waals surface area contributed by atoms with Gasteiger partial charge in [0.2, 0.25) is 0 Å². The Bertz CT molecular complexity index is 1120. The molecule has 0 bridgehead atoms. The van der Waals surface area contributed by atoms with Crippen molar-refractivity contribution >= 4 is 11.7 Å². The van der Waals surface area contributed by atoms with Gasteiger partial charge in [0.05, 0.1) is 30.5 Å². The van der Waals surface area contributed by atoms with E-state index in [2.05, 4.69) is 21.8 Å². The molecule has 1 aromatic carbocycles. The van der Waals surface area contributed by atoms with Crippen molar-refractivity contribution in [2.24, 2.45) is 4.99 Å². The second-order valence-electron chi connectivity index (χ2n) is 10.7. The average molecular weight is 550 g/mol. The number of carbonyl (C=O) groups excluding carboxylic acids is 1. The van der Waals surface area contributed by atoms with Crippen LogP contribution in [0.5, 0.6) is 5.75 Å². The van der Waals surface area contributed by atoms with E-state index in [0.717, 1.165) is 57.9 Å². The van der Waals surface area contributed by atoms with Gasteiger partial charge in [0.1, 0.15) is 5.75 Å². The summed E-state index contributed by atoms with van der Waals surface area (Å²) in [5, 5.41) is 23.2. The molecule has 3 heterocycles. The third-order valence-electron chi connectivity index (χ3n) is 7.79. The van der Waals surface area contributed by atoms with E-state index in [0.29, 0.717) is 42.2 Å². The topological polar surface area (TPSA) is 91.6 Å². The van der Waals surface area contributed by atoms with Gasteiger partial charge in [-0.25, -0.2) is 4.79 Å². The molecule has 1 unspecified atom stereocenters. The number of hydrogen-bond acceptors (Lipinski definition) is 6. The standard InChI is InChI=1S/C28H38F3N5O3/c1-18(26(32-3)24-7-6-20(14-25(24)38)28(29,30)31)13-19(2)33-21-5-4-10-35(15-21)22-8-11-34(12-9-22)27(39)36-16-23(37)17-36/h6-7,13-14,21-23,33,37-38H,2,4-5,8-12,15-17H2,1,3H3/b18-13-,32-26+. The second-order valence-corrected chi connectivity index (χ2v) is 10.7. The molecule has 0 spiro atoms. The highest BCUT2D eigenvalue weighted by molar-refractivity contribution is 6.14. The van der Waals surface area contributed by atoms with Gasteiger partial charge in [0, 0.05) is 50.0 Å². The van der Waals surface area contributed by atoms with Gasteiger partial charge in [0.25, 0.3) is 0 Å². The lowest BCUT2D eigenvalue weighted by Crippen LogP contribution is -2.59. The minimum atomic E-state index is -4.54. The van der Waals surface area contributed by atoms with Gasteiger partial charge < -0.3 is 25.3 Å². The zero-order valence-electron chi connectivity index (χ0n) is 22.5. The molecule has 39 heavy (non-hydrogen) atoms. The summed E-state index contributed by atoms with van der Waals surface area (Å²) in [6.45, 7) is 10.1. The van der Waals surface area contributed by atoms with E-state index in [1.807, 2.05) is 4.90 Å². The zero-order valence-corrected chi connectivity index (χ0v) is 22.5. The molecule has 2 amide bonds. The molecule has 11 heteroatoms. The number of halogens is 3. The van der Waals surface area contributed by atoms with Crippen LogP contribution in [0.15, 0.2) is 47.1 Å². The summed E-state index contributed by atoms with van der Waals surface area (Å²) in [5.74, 6) is -0.477. The highest BCUT2D eigenvalue weighted by Crippen LogP contribution is 2.33. The van der Waals surface area contributed by atoms with Crippen molar-refractivity contribution in [3.63, 3.8) is 0 Å². The molecule has 0 saturated carbocycles. The first-order valence-corrected chi connectivity index (χ1v) is 13.4. The summed E-state index contributed by atoms with van der Waals surface area (Å²) in [4.78, 5) is 22.8. The Morgan fingerprint density at radius 1 is 1.13 bits per heavy atom. The summed E-state index contributed by atoms with van der Waals surface area (Å²) >= 11 is 0. The number of aromatic hydroxyl groups is 1. The van der Waals surface area contributed by atoms with E-state index in [1.54, 1.807) is 17.9 Å². The minimum absolute atomic E-state index is 0.0231. The van der Waals surface area contributed by atoms with Crippen LogP contribution in [0.4, 0.5) is 18.0 Å². The number of piperidine rings is 2. The fourth-order valence-electron chi connectivity index (χ4n) is 5.74.